The second kappa shape index (κ2) is 9.63. The lowest BCUT2D eigenvalue weighted by Crippen LogP contribution is -2.40. The molecule has 176 valence electrons. The molecule has 0 saturated carbocycles. The molecule has 0 aliphatic rings. The van der Waals surface area contributed by atoms with Gasteiger partial charge in [-0.2, -0.15) is 4.98 Å². The van der Waals surface area contributed by atoms with Crippen LogP contribution in [-0.4, -0.2) is 38.1 Å². The molecule has 0 bridgehead atoms. The molecule has 0 saturated heterocycles. The number of rotatable bonds is 8. The van der Waals surface area contributed by atoms with Gasteiger partial charge < -0.3 is 20.1 Å². The Morgan fingerprint density at radius 2 is 1.73 bits per heavy atom. The number of hydrogen-bond donors (Lipinski definition) is 3. The van der Waals surface area contributed by atoms with Gasteiger partial charge in [0.2, 0.25) is 16.0 Å². The summed E-state index contributed by atoms with van der Waals surface area (Å²) in [6.45, 7) is 7.25. The zero-order valence-corrected chi connectivity index (χ0v) is 20.4. The summed E-state index contributed by atoms with van der Waals surface area (Å²) in [5.41, 5.74) is 1.47. The van der Waals surface area contributed by atoms with Crippen LogP contribution in [0.4, 0.5) is 23.1 Å². The maximum absolute atomic E-state index is 12.7. The molecule has 1 aromatic heterocycles. The average Bonchev–Trinajstić information content (AvgIpc) is 2.75. The standard InChI is InChI=1S/C23H29N5O4S/c1-15-14-24-22(26-19-11-10-17(31-5)13-20(19)32-6)27-21(15)25-16-8-7-9-18(12-16)33(29,30)28-23(2,3)4/h7-14,28H,1-6H3,(H2,24,25,26,27). The van der Waals surface area contributed by atoms with Crippen LogP contribution in [0.25, 0.3) is 0 Å². The molecule has 0 aliphatic carbocycles. The summed E-state index contributed by atoms with van der Waals surface area (Å²) in [7, 11) is -0.511. The molecule has 9 nitrogen and oxygen atoms in total. The van der Waals surface area contributed by atoms with Crippen LogP contribution < -0.4 is 24.8 Å². The van der Waals surface area contributed by atoms with E-state index in [2.05, 4.69) is 25.3 Å². The fraction of sp³-hybridized carbons (Fsp3) is 0.304. The monoisotopic (exact) mass is 471 g/mol. The Morgan fingerprint density at radius 3 is 2.39 bits per heavy atom. The van der Waals surface area contributed by atoms with Gasteiger partial charge in [0.15, 0.2) is 0 Å². The van der Waals surface area contributed by atoms with Gasteiger partial charge in [-0.25, -0.2) is 18.1 Å². The molecule has 0 radical (unpaired) electrons. The van der Waals surface area contributed by atoms with Crippen molar-refractivity contribution in [3.8, 4) is 11.5 Å². The van der Waals surface area contributed by atoms with Gasteiger partial charge in [0.05, 0.1) is 24.8 Å². The lowest BCUT2D eigenvalue weighted by Gasteiger charge is -2.20. The molecule has 10 heteroatoms. The summed E-state index contributed by atoms with van der Waals surface area (Å²) in [4.78, 5) is 9.05. The summed E-state index contributed by atoms with van der Waals surface area (Å²) in [5, 5.41) is 6.33. The van der Waals surface area contributed by atoms with Gasteiger partial charge in [-0.15, -0.1) is 0 Å². The molecular formula is C23H29N5O4S. The summed E-state index contributed by atoms with van der Waals surface area (Å²) in [6, 6.07) is 11.9. The molecule has 0 unspecified atom stereocenters. The normalized spacial score (nSPS) is 11.7. The third-order valence-electron chi connectivity index (χ3n) is 4.47. The molecule has 3 rings (SSSR count). The second-order valence-electron chi connectivity index (χ2n) is 8.42. The third-order valence-corrected chi connectivity index (χ3v) is 6.23. The first-order valence-electron chi connectivity index (χ1n) is 10.2. The quantitative estimate of drug-likeness (QED) is 0.444. The van der Waals surface area contributed by atoms with Crippen molar-refractivity contribution in [2.45, 2.75) is 38.1 Å². The van der Waals surface area contributed by atoms with Gasteiger partial charge in [0, 0.05) is 29.1 Å². The van der Waals surface area contributed by atoms with Crippen molar-refractivity contribution >= 4 is 33.2 Å². The van der Waals surface area contributed by atoms with Crippen molar-refractivity contribution in [3.05, 3.63) is 54.2 Å². The van der Waals surface area contributed by atoms with Crippen LogP contribution >= 0.6 is 0 Å². The Balaban J connectivity index is 1.86. The smallest absolute Gasteiger partial charge is 0.241 e. The van der Waals surface area contributed by atoms with Gasteiger partial charge in [0.1, 0.15) is 17.3 Å². The number of benzene rings is 2. The highest BCUT2D eigenvalue weighted by atomic mass is 32.2. The molecule has 0 spiro atoms. The number of sulfonamides is 1. The SMILES string of the molecule is COc1ccc(Nc2ncc(C)c(Nc3cccc(S(=O)(=O)NC(C)(C)C)c3)n2)c(OC)c1. The van der Waals surface area contributed by atoms with E-state index in [1.807, 2.05) is 13.0 Å². The van der Waals surface area contributed by atoms with Gasteiger partial charge >= 0.3 is 0 Å². The van der Waals surface area contributed by atoms with Crippen molar-refractivity contribution in [2.24, 2.45) is 0 Å². The predicted octanol–water partition coefficient (Wildman–Crippen LogP) is 4.37. The van der Waals surface area contributed by atoms with E-state index < -0.39 is 15.6 Å². The van der Waals surface area contributed by atoms with Crippen LogP contribution in [0.5, 0.6) is 11.5 Å². The number of aromatic nitrogens is 2. The predicted molar refractivity (Wildman–Crippen MR) is 129 cm³/mol. The van der Waals surface area contributed by atoms with Gasteiger partial charge in [0.25, 0.3) is 0 Å². The van der Waals surface area contributed by atoms with Gasteiger partial charge in [-0.3, -0.25) is 0 Å². The molecular weight excluding hydrogens is 442 g/mol. The molecule has 0 atom stereocenters. The summed E-state index contributed by atoms with van der Waals surface area (Å²) in [6.07, 6.45) is 1.68. The van der Waals surface area contributed by atoms with Crippen molar-refractivity contribution in [2.75, 3.05) is 24.9 Å². The highest BCUT2D eigenvalue weighted by molar-refractivity contribution is 7.89. The highest BCUT2D eigenvalue weighted by Gasteiger charge is 2.22. The first-order valence-corrected chi connectivity index (χ1v) is 11.7. The zero-order chi connectivity index (χ0) is 24.2. The van der Waals surface area contributed by atoms with E-state index in [9.17, 15) is 8.42 Å². The van der Waals surface area contributed by atoms with Gasteiger partial charge in [-0.1, -0.05) is 6.07 Å². The Morgan fingerprint density at radius 1 is 0.970 bits per heavy atom. The van der Waals surface area contributed by atoms with E-state index in [0.717, 1.165) is 5.56 Å². The maximum atomic E-state index is 12.7. The van der Waals surface area contributed by atoms with Crippen molar-refractivity contribution in [1.82, 2.24) is 14.7 Å². The topological polar surface area (TPSA) is 114 Å². The molecule has 3 N–H and O–H groups in total. The number of anilines is 4. The first-order chi connectivity index (χ1) is 15.5. The number of hydrogen-bond acceptors (Lipinski definition) is 8. The van der Waals surface area contributed by atoms with Crippen LogP contribution in [0, 0.1) is 6.92 Å². The van der Waals surface area contributed by atoms with Crippen molar-refractivity contribution in [3.63, 3.8) is 0 Å². The molecule has 1 heterocycles. The van der Waals surface area contributed by atoms with Crippen molar-refractivity contribution < 1.29 is 17.9 Å². The third kappa shape index (κ3) is 6.33. The van der Waals surface area contributed by atoms with Crippen LogP contribution in [0.3, 0.4) is 0 Å². The number of methoxy groups -OCH3 is 2. The Kier molecular flexibility index (Phi) is 7.09. The number of nitrogens with one attached hydrogen (secondary N) is 3. The number of ether oxygens (including phenoxy) is 2. The maximum Gasteiger partial charge on any atom is 0.241 e. The van der Waals surface area contributed by atoms with E-state index in [1.54, 1.807) is 77.6 Å². The highest BCUT2D eigenvalue weighted by Crippen LogP contribution is 2.31. The van der Waals surface area contributed by atoms with Crippen LogP contribution in [-0.2, 0) is 10.0 Å². The van der Waals surface area contributed by atoms with Crippen molar-refractivity contribution in [1.29, 1.82) is 0 Å². The first kappa shape index (κ1) is 24.3. The summed E-state index contributed by atoms with van der Waals surface area (Å²) >= 11 is 0. The minimum Gasteiger partial charge on any atom is -0.497 e. The fourth-order valence-corrected chi connectivity index (χ4v) is 4.45. The average molecular weight is 472 g/mol. The van der Waals surface area contributed by atoms with E-state index >= 15 is 0 Å². The van der Waals surface area contributed by atoms with E-state index in [1.165, 1.54) is 0 Å². The Bertz CT molecular complexity index is 1240. The Labute approximate surface area is 194 Å². The van der Waals surface area contributed by atoms with Gasteiger partial charge in [-0.05, 0) is 58.0 Å². The lowest BCUT2D eigenvalue weighted by atomic mass is 10.1. The second-order valence-corrected chi connectivity index (χ2v) is 10.1. The number of aryl methyl sites for hydroxylation is 1. The molecule has 0 amide bonds. The largest absolute Gasteiger partial charge is 0.497 e. The summed E-state index contributed by atoms with van der Waals surface area (Å²) in [5.74, 6) is 2.14. The lowest BCUT2D eigenvalue weighted by molar-refractivity contribution is 0.395. The summed E-state index contributed by atoms with van der Waals surface area (Å²) < 4.78 is 38.7. The Hall–Kier alpha value is -3.37. The molecule has 0 fully saturated rings. The molecule has 2 aromatic carbocycles. The van der Waals surface area contributed by atoms with Crippen LogP contribution in [0.1, 0.15) is 26.3 Å². The molecule has 33 heavy (non-hydrogen) atoms. The molecule has 0 aliphatic heterocycles. The minimum atomic E-state index is -3.66. The van der Waals surface area contributed by atoms with E-state index in [-0.39, 0.29) is 4.90 Å². The minimum absolute atomic E-state index is 0.162. The molecule has 3 aromatic rings. The number of nitrogens with zero attached hydrogens (tertiary/aromatic N) is 2. The van der Waals surface area contributed by atoms with Crippen LogP contribution in [0.15, 0.2) is 53.6 Å². The zero-order valence-electron chi connectivity index (χ0n) is 19.6. The van der Waals surface area contributed by atoms with E-state index in [4.69, 9.17) is 9.47 Å². The fourth-order valence-electron chi connectivity index (χ4n) is 2.99. The van der Waals surface area contributed by atoms with Crippen LogP contribution in [0.2, 0.25) is 0 Å². The van der Waals surface area contributed by atoms with E-state index in [0.29, 0.717) is 34.6 Å².